The maximum atomic E-state index is 12.0. The van der Waals surface area contributed by atoms with Gasteiger partial charge in [0, 0.05) is 17.0 Å². The zero-order valence-corrected chi connectivity index (χ0v) is 14.4. The molecule has 0 bridgehead atoms. The number of amides is 2. The van der Waals surface area contributed by atoms with Crippen LogP contribution in [0.4, 0.5) is 4.79 Å². The first-order chi connectivity index (χ1) is 11.5. The lowest BCUT2D eigenvalue weighted by molar-refractivity contribution is 0.0631. The normalized spacial score (nSPS) is 12.9. The Morgan fingerprint density at radius 2 is 2.12 bits per heavy atom. The zero-order valence-electron chi connectivity index (χ0n) is 13.6. The lowest BCUT2D eigenvalue weighted by atomic mass is 10.1. The first kappa shape index (κ1) is 18.0. The van der Waals surface area contributed by atoms with Crippen molar-refractivity contribution in [2.75, 3.05) is 13.2 Å². The van der Waals surface area contributed by atoms with Gasteiger partial charge < -0.3 is 20.5 Å². The molecule has 2 amide bonds. The molecule has 0 saturated carbocycles. The van der Waals surface area contributed by atoms with Crippen LogP contribution in [0.15, 0.2) is 54.4 Å². The molecule has 5 nitrogen and oxygen atoms in total. The second-order valence-corrected chi connectivity index (χ2v) is 6.44. The Bertz CT molecular complexity index is 669. The summed E-state index contributed by atoms with van der Waals surface area (Å²) in [5.41, 5.74) is -0.212. The molecule has 0 aliphatic rings. The van der Waals surface area contributed by atoms with Crippen LogP contribution in [0.5, 0.6) is 5.75 Å². The van der Waals surface area contributed by atoms with Crippen molar-refractivity contribution in [2.24, 2.45) is 0 Å². The third-order valence-corrected chi connectivity index (χ3v) is 4.54. The standard InChI is InChI=1S/C18H22N2O3S/c1-3-10-23-15-8-5-4-7-14(15)12-19-17(21)20-13-18(2,22)16-9-6-11-24-16/h3-9,11,22H,1,10,12-13H2,2H3,(H2,19,20,21). The van der Waals surface area contributed by atoms with Crippen LogP contribution in [0.3, 0.4) is 0 Å². The van der Waals surface area contributed by atoms with Gasteiger partial charge in [0.25, 0.3) is 0 Å². The highest BCUT2D eigenvalue weighted by atomic mass is 32.1. The Hall–Kier alpha value is -2.31. The number of nitrogens with one attached hydrogen (secondary N) is 2. The van der Waals surface area contributed by atoms with Crippen molar-refractivity contribution in [1.82, 2.24) is 10.6 Å². The Labute approximate surface area is 146 Å². The van der Waals surface area contributed by atoms with E-state index in [0.29, 0.717) is 18.9 Å². The minimum atomic E-state index is -1.09. The number of benzene rings is 1. The lowest BCUT2D eigenvalue weighted by Gasteiger charge is -2.22. The van der Waals surface area contributed by atoms with Gasteiger partial charge in [-0.05, 0) is 24.4 Å². The van der Waals surface area contributed by atoms with Crippen molar-refractivity contribution in [3.63, 3.8) is 0 Å². The summed E-state index contributed by atoms with van der Waals surface area (Å²) >= 11 is 1.45. The summed E-state index contributed by atoms with van der Waals surface area (Å²) in [5, 5.41) is 17.7. The maximum Gasteiger partial charge on any atom is 0.315 e. The molecule has 1 aromatic carbocycles. The molecule has 1 unspecified atom stereocenters. The molecule has 1 heterocycles. The molecule has 0 fully saturated rings. The number of urea groups is 1. The quantitative estimate of drug-likeness (QED) is 0.644. The molecule has 1 atom stereocenters. The SMILES string of the molecule is C=CCOc1ccccc1CNC(=O)NCC(C)(O)c1cccs1. The van der Waals surface area contributed by atoms with Crippen molar-refractivity contribution < 1.29 is 14.6 Å². The fourth-order valence-electron chi connectivity index (χ4n) is 2.10. The molecule has 0 aliphatic carbocycles. The molecule has 6 heteroatoms. The average Bonchev–Trinajstić information content (AvgIpc) is 3.12. The molecule has 0 spiro atoms. The molecular weight excluding hydrogens is 324 g/mol. The summed E-state index contributed by atoms with van der Waals surface area (Å²) < 4.78 is 5.55. The van der Waals surface area contributed by atoms with Gasteiger partial charge in [-0.25, -0.2) is 4.79 Å². The third-order valence-electron chi connectivity index (χ3n) is 3.41. The van der Waals surface area contributed by atoms with Gasteiger partial charge in [-0.15, -0.1) is 11.3 Å². The van der Waals surface area contributed by atoms with Crippen molar-refractivity contribution >= 4 is 17.4 Å². The van der Waals surface area contributed by atoms with Crippen LogP contribution >= 0.6 is 11.3 Å². The van der Waals surface area contributed by atoms with E-state index in [1.54, 1.807) is 13.0 Å². The van der Waals surface area contributed by atoms with Crippen LogP contribution in [0.2, 0.25) is 0 Å². The molecule has 0 radical (unpaired) electrons. The fourth-order valence-corrected chi connectivity index (χ4v) is 2.89. The van der Waals surface area contributed by atoms with E-state index >= 15 is 0 Å². The smallest absolute Gasteiger partial charge is 0.315 e. The number of aliphatic hydroxyl groups is 1. The predicted molar refractivity (Wildman–Crippen MR) is 96.3 cm³/mol. The van der Waals surface area contributed by atoms with Gasteiger partial charge in [0.05, 0.1) is 6.54 Å². The lowest BCUT2D eigenvalue weighted by Crippen LogP contribution is -2.42. The summed E-state index contributed by atoms with van der Waals surface area (Å²) in [4.78, 5) is 12.8. The Morgan fingerprint density at radius 3 is 2.83 bits per heavy atom. The van der Waals surface area contributed by atoms with Crippen LogP contribution in [0.1, 0.15) is 17.4 Å². The molecule has 3 N–H and O–H groups in total. The summed E-state index contributed by atoms with van der Waals surface area (Å²) in [6, 6.07) is 10.9. The second kappa shape index (κ2) is 8.52. The first-order valence-electron chi connectivity index (χ1n) is 7.62. The molecule has 128 valence electrons. The summed E-state index contributed by atoms with van der Waals surface area (Å²) in [6.07, 6.45) is 1.67. The van der Waals surface area contributed by atoms with Gasteiger partial charge in [-0.1, -0.05) is 36.9 Å². The highest BCUT2D eigenvalue weighted by molar-refractivity contribution is 7.10. The number of carbonyl (C=O) groups is 1. The summed E-state index contributed by atoms with van der Waals surface area (Å²) in [6.45, 7) is 6.17. The predicted octanol–water partition coefficient (Wildman–Crippen LogP) is 3.02. The van der Waals surface area contributed by atoms with E-state index < -0.39 is 5.60 Å². The van der Waals surface area contributed by atoms with Crippen molar-refractivity contribution in [1.29, 1.82) is 0 Å². The van der Waals surface area contributed by atoms with Gasteiger partial charge in [-0.3, -0.25) is 0 Å². The van der Waals surface area contributed by atoms with Crippen LogP contribution in [0, 0.1) is 0 Å². The van der Waals surface area contributed by atoms with Crippen molar-refractivity contribution in [3.05, 3.63) is 64.9 Å². The maximum absolute atomic E-state index is 12.0. The monoisotopic (exact) mass is 346 g/mol. The van der Waals surface area contributed by atoms with Gasteiger partial charge in [0.15, 0.2) is 0 Å². The summed E-state index contributed by atoms with van der Waals surface area (Å²) in [7, 11) is 0. The topological polar surface area (TPSA) is 70.6 Å². The van der Waals surface area contributed by atoms with Crippen molar-refractivity contribution in [3.8, 4) is 5.75 Å². The molecule has 24 heavy (non-hydrogen) atoms. The number of hydrogen-bond donors (Lipinski definition) is 3. The molecule has 0 aliphatic heterocycles. The average molecular weight is 346 g/mol. The highest BCUT2D eigenvalue weighted by Crippen LogP contribution is 2.24. The van der Waals surface area contributed by atoms with Crippen LogP contribution in [0.25, 0.3) is 0 Å². The minimum absolute atomic E-state index is 0.133. The number of rotatable bonds is 8. The molecular formula is C18H22N2O3S. The second-order valence-electron chi connectivity index (χ2n) is 5.49. The van der Waals surface area contributed by atoms with Gasteiger partial charge in [0.1, 0.15) is 18.0 Å². The van der Waals surface area contributed by atoms with Gasteiger partial charge in [-0.2, -0.15) is 0 Å². The molecule has 0 saturated heterocycles. The number of thiophene rings is 1. The molecule has 2 rings (SSSR count). The van der Waals surface area contributed by atoms with Gasteiger partial charge >= 0.3 is 6.03 Å². The van der Waals surface area contributed by atoms with E-state index in [1.807, 2.05) is 41.8 Å². The minimum Gasteiger partial charge on any atom is -0.489 e. The van der Waals surface area contributed by atoms with E-state index in [0.717, 1.165) is 10.4 Å². The zero-order chi connectivity index (χ0) is 17.4. The van der Waals surface area contributed by atoms with Crippen LogP contribution < -0.4 is 15.4 Å². The van der Waals surface area contributed by atoms with E-state index in [-0.39, 0.29) is 12.6 Å². The number of hydrogen-bond acceptors (Lipinski definition) is 4. The third kappa shape index (κ3) is 5.11. The Balaban J connectivity index is 1.84. The number of carbonyl (C=O) groups excluding carboxylic acids is 1. The highest BCUT2D eigenvalue weighted by Gasteiger charge is 2.24. The van der Waals surface area contributed by atoms with E-state index in [1.165, 1.54) is 11.3 Å². The Kier molecular flexibility index (Phi) is 6.40. The molecule has 2 aromatic rings. The molecule has 1 aromatic heterocycles. The Morgan fingerprint density at radius 1 is 1.33 bits per heavy atom. The number of ether oxygens (including phenoxy) is 1. The van der Waals surface area contributed by atoms with Crippen LogP contribution in [-0.2, 0) is 12.1 Å². The van der Waals surface area contributed by atoms with Gasteiger partial charge in [0.2, 0.25) is 0 Å². The van der Waals surface area contributed by atoms with E-state index in [9.17, 15) is 9.90 Å². The fraction of sp³-hybridized carbons (Fsp3) is 0.278. The largest absolute Gasteiger partial charge is 0.489 e. The van der Waals surface area contributed by atoms with E-state index in [2.05, 4.69) is 17.2 Å². The van der Waals surface area contributed by atoms with Crippen LogP contribution in [-0.4, -0.2) is 24.3 Å². The summed E-state index contributed by atoms with van der Waals surface area (Å²) in [5.74, 6) is 0.711. The number of para-hydroxylation sites is 1. The van der Waals surface area contributed by atoms with E-state index in [4.69, 9.17) is 4.74 Å². The van der Waals surface area contributed by atoms with Crippen molar-refractivity contribution in [2.45, 2.75) is 19.1 Å². The first-order valence-corrected chi connectivity index (χ1v) is 8.50.